The van der Waals surface area contributed by atoms with Gasteiger partial charge in [0.25, 0.3) is 0 Å². The summed E-state index contributed by atoms with van der Waals surface area (Å²) in [6.07, 6.45) is 0.878. The maximum absolute atomic E-state index is 11.2. The normalized spacial score (nSPS) is 11.8. The van der Waals surface area contributed by atoms with Gasteiger partial charge >= 0.3 is 5.97 Å². The van der Waals surface area contributed by atoms with Crippen molar-refractivity contribution in [3.05, 3.63) is 35.9 Å². The van der Waals surface area contributed by atoms with Gasteiger partial charge < -0.3 is 10.8 Å². The second-order valence-corrected chi connectivity index (χ2v) is 5.53. The summed E-state index contributed by atoms with van der Waals surface area (Å²) >= 11 is 0. The molecular weight excluding hydrogens is 240 g/mol. The van der Waals surface area contributed by atoms with Crippen molar-refractivity contribution in [1.82, 2.24) is 4.90 Å². The number of hydrogen-bond acceptors (Lipinski definition) is 3. The number of carboxylic acids is 1. The maximum Gasteiger partial charge on any atom is 0.310 e. The van der Waals surface area contributed by atoms with Crippen molar-refractivity contribution in [2.45, 2.75) is 26.8 Å². The number of nitrogens with zero attached hydrogens (tertiary/aromatic N) is 1. The third-order valence-electron chi connectivity index (χ3n) is 3.13. The van der Waals surface area contributed by atoms with Crippen LogP contribution < -0.4 is 5.73 Å². The van der Waals surface area contributed by atoms with Crippen molar-refractivity contribution in [3.8, 4) is 0 Å². The zero-order valence-corrected chi connectivity index (χ0v) is 11.8. The Morgan fingerprint density at radius 2 is 1.95 bits per heavy atom. The summed E-state index contributed by atoms with van der Waals surface area (Å²) in [5.41, 5.74) is 6.00. The maximum atomic E-state index is 11.2. The van der Waals surface area contributed by atoms with E-state index >= 15 is 0 Å². The molecule has 0 heterocycles. The van der Waals surface area contributed by atoms with E-state index in [0.29, 0.717) is 13.1 Å². The topological polar surface area (TPSA) is 66.6 Å². The lowest BCUT2D eigenvalue weighted by Crippen LogP contribution is -2.39. The average molecular weight is 264 g/mol. The van der Waals surface area contributed by atoms with Gasteiger partial charge in [-0.3, -0.25) is 9.69 Å². The van der Waals surface area contributed by atoms with E-state index in [1.807, 2.05) is 18.2 Å². The van der Waals surface area contributed by atoms with E-state index < -0.39 is 11.4 Å². The van der Waals surface area contributed by atoms with Gasteiger partial charge in [0.15, 0.2) is 0 Å². The van der Waals surface area contributed by atoms with E-state index in [0.717, 1.165) is 19.5 Å². The van der Waals surface area contributed by atoms with Gasteiger partial charge in [0.2, 0.25) is 0 Å². The van der Waals surface area contributed by atoms with E-state index in [2.05, 4.69) is 17.0 Å². The largest absolute Gasteiger partial charge is 0.481 e. The highest BCUT2D eigenvalue weighted by atomic mass is 16.4. The molecule has 0 spiro atoms. The van der Waals surface area contributed by atoms with Crippen LogP contribution in [0.5, 0.6) is 0 Å². The predicted octanol–water partition coefficient (Wildman–Crippen LogP) is 1.95. The van der Waals surface area contributed by atoms with Crippen molar-refractivity contribution in [3.63, 3.8) is 0 Å². The lowest BCUT2D eigenvalue weighted by Gasteiger charge is -2.29. The van der Waals surface area contributed by atoms with E-state index in [-0.39, 0.29) is 0 Å². The molecule has 0 saturated heterocycles. The lowest BCUT2D eigenvalue weighted by molar-refractivity contribution is -0.148. The highest BCUT2D eigenvalue weighted by Crippen LogP contribution is 2.19. The summed E-state index contributed by atoms with van der Waals surface area (Å²) in [6, 6.07) is 10.1. The molecule has 1 aromatic carbocycles. The standard InChI is InChI=1S/C15H24N2O2/c1-15(2,14(18)19)12-17(10-6-9-16)11-13-7-4-3-5-8-13/h3-5,7-8H,6,9-12,16H2,1-2H3,(H,18,19). The SMILES string of the molecule is CC(C)(CN(CCCN)Cc1ccccc1)C(=O)O. The van der Waals surface area contributed by atoms with Crippen molar-refractivity contribution >= 4 is 5.97 Å². The molecule has 0 aliphatic carbocycles. The molecular formula is C15H24N2O2. The highest BCUT2D eigenvalue weighted by molar-refractivity contribution is 5.73. The van der Waals surface area contributed by atoms with Gasteiger partial charge in [-0.2, -0.15) is 0 Å². The first kappa shape index (κ1) is 15.7. The first-order chi connectivity index (χ1) is 8.95. The van der Waals surface area contributed by atoms with Crippen LogP contribution in [0.1, 0.15) is 25.8 Å². The molecule has 0 aliphatic rings. The Kier molecular flexibility index (Phi) is 5.99. The molecule has 0 bridgehead atoms. The smallest absolute Gasteiger partial charge is 0.310 e. The minimum atomic E-state index is -0.765. The van der Waals surface area contributed by atoms with Crippen molar-refractivity contribution in [2.24, 2.45) is 11.1 Å². The predicted molar refractivity (Wildman–Crippen MR) is 76.8 cm³/mol. The van der Waals surface area contributed by atoms with Crippen LogP contribution in [-0.2, 0) is 11.3 Å². The van der Waals surface area contributed by atoms with Crippen LogP contribution in [0, 0.1) is 5.41 Å². The Labute approximate surface area is 115 Å². The van der Waals surface area contributed by atoms with Gasteiger partial charge in [-0.1, -0.05) is 30.3 Å². The second-order valence-electron chi connectivity index (χ2n) is 5.53. The van der Waals surface area contributed by atoms with Crippen LogP contribution in [-0.4, -0.2) is 35.6 Å². The second kappa shape index (κ2) is 7.26. The molecule has 4 nitrogen and oxygen atoms in total. The average Bonchev–Trinajstić information content (AvgIpc) is 2.36. The summed E-state index contributed by atoms with van der Waals surface area (Å²) in [4.78, 5) is 13.4. The van der Waals surface area contributed by atoms with Gasteiger partial charge in [-0.05, 0) is 38.9 Å². The molecule has 106 valence electrons. The van der Waals surface area contributed by atoms with E-state index in [1.54, 1.807) is 13.8 Å². The molecule has 0 unspecified atom stereocenters. The molecule has 19 heavy (non-hydrogen) atoms. The van der Waals surface area contributed by atoms with Crippen LogP contribution in [0.2, 0.25) is 0 Å². The molecule has 0 aliphatic heterocycles. The minimum Gasteiger partial charge on any atom is -0.481 e. The third kappa shape index (κ3) is 5.41. The van der Waals surface area contributed by atoms with Crippen molar-refractivity contribution in [1.29, 1.82) is 0 Å². The number of benzene rings is 1. The number of rotatable bonds is 8. The van der Waals surface area contributed by atoms with Gasteiger partial charge in [-0.15, -0.1) is 0 Å². The Balaban J connectivity index is 2.69. The number of carbonyl (C=O) groups is 1. The molecule has 1 rings (SSSR count). The molecule has 4 heteroatoms. The molecule has 0 aromatic heterocycles. The van der Waals surface area contributed by atoms with Crippen molar-refractivity contribution in [2.75, 3.05) is 19.6 Å². The lowest BCUT2D eigenvalue weighted by atomic mass is 9.92. The molecule has 0 radical (unpaired) electrons. The van der Waals surface area contributed by atoms with Crippen LogP contribution in [0.15, 0.2) is 30.3 Å². The molecule has 0 saturated carbocycles. The quantitative estimate of drug-likeness (QED) is 0.753. The van der Waals surface area contributed by atoms with E-state index in [9.17, 15) is 9.90 Å². The zero-order valence-electron chi connectivity index (χ0n) is 11.8. The Morgan fingerprint density at radius 3 is 2.47 bits per heavy atom. The summed E-state index contributed by atoms with van der Waals surface area (Å²) in [7, 11) is 0. The van der Waals surface area contributed by atoms with Crippen LogP contribution in [0.3, 0.4) is 0 Å². The molecule has 1 aromatic rings. The fraction of sp³-hybridized carbons (Fsp3) is 0.533. The Hall–Kier alpha value is -1.39. The van der Waals surface area contributed by atoms with Gasteiger partial charge in [0, 0.05) is 13.1 Å². The number of nitrogens with two attached hydrogens (primary N) is 1. The van der Waals surface area contributed by atoms with Gasteiger partial charge in [-0.25, -0.2) is 0 Å². The van der Waals surface area contributed by atoms with Crippen molar-refractivity contribution < 1.29 is 9.90 Å². The highest BCUT2D eigenvalue weighted by Gasteiger charge is 2.29. The van der Waals surface area contributed by atoms with E-state index in [1.165, 1.54) is 5.56 Å². The van der Waals surface area contributed by atoms with E-state index in [4.69, 9.17) is 5.73 Å². The summed E-state index contributed by atoms with van der Waals surface area (Å²) < 4.78 is 0. The van der Waals surface area contributed by atoms with Crippen LogP contribution in [0.4, 0.5) is 0 Å². The van der Waals surface area contributed by atoms with Gasteiger partial charge in [0.1, 0.15) is 0 Å². The minimum absolute atomic E-state index is 0.525. The first-order valence-electron chi connectivity index (χ1n) is 6.65. The van der Waals surface area contributed by atoms with Crippen LogP contribution in [0.25, 0.3) is 0 Å². The molecule has 0 fully saturated rings. The third-order valence-corrected chi connectivity index (χ3v) is 3.13. The molecule has 3 N–H and O–H groups in total. The number of aliphatic carboxylic acids is 1. The summed E-state index contributed by atoms with van der Waals surface area (Å²) in [6.45, 7) is 6.25. The number of carboxylic acid groups (broad SMARTS) is 1. The zero-order chi connectivity index (χ0) is 14.3. The molecule has 0 amide bonds. The summed E-state index contributed by atoms with van der Waals surface area (Å²) in [5.74, 6) is -0.765. The Bertz CT molecular complexity index is 390. The molecule has 0 atom stereocenters. The monoisotopic (exact) mass is 264 g/mol. The van der Waals surface area contributed by atoms with Gasteiger partial charge in [0.05, 0.1) is 5.41 Å². The Morgan fingerprint density at radius 1 is 1.32 bits per heavy atom. The first-order valence-corrected chi connectivity index (χ1v) is 6.65. The fourth-order valence-electron chi connectivity index (χ4n) is 2.00. The van der Waals surface area contributed by atoms with Crippen LogP contribution >= 0.6 is 0 Å². The fourth-order valence-corrected chi connectivity index (χ4v) is 2.00. The summed E-state index contributed by atoms with van der Waals surface area (Å²) in [5, 5.41) is 9.23. The number of hydrogen-bond donors (Lipinski definition) is 2.